The minimum absolute atomic E-state index is 0.231. The third-order valence-corrected chi connectivity index (χ3v) is 0.732. The highest BCUT2D eigenvalue weighted by Gasteiger charge is 1.87. The molecule has 12 heavy (non-hydrogen) atoms. The molecular formula is C7H14O5. The molecule has 5 heteroatoms. The zero-order valence-corrected chi connectivity index (χ0v) is 7.24. The van der Waals surface area contributed by atoms with Gasteiger partial charge in [-0.05, 0) is 13.3 Å². The Hall–Kier alpha value is -1.26. The molecule has 0 fully saturated rings. The normalized spacial score (nSPS) is 7.83. The lowest BCUT2D eigenvalue weighted by atomic mass is 10.4. The van der Waals surface area contributed by atoms with Crippen molar-refractivity contribution in [2.45, 2.75) is 26.7 Å². The van der Waals surface area contributed by atoms with Crippen LogP contribution in [-0.2, 0) is 9.53 Å². The predicted octanol–water partition coefficient (Wildman–Crippen LogP) is 1.57. The van der Waals surface area contributed by atoms with Crippen LogP contribution in [0, 0.1) is 0 Å². The van der Waals surface area contributed by atoms with Gasteiger partial charge in [0.2, 0.25) is 0 Å². The molecule has 0 heterocycles. The maximum Gasteiger partial charge on any atom is 0.505 e. The summed E-state index contributed by atoms with van der Waals surface area (Å²) in [5, 5.41) is 15.6. The molecule has 0 radical (unpaired) electrons. The van der Waals surface area contributed by atoms with Gasteiger partial charge in [-0.1, -0.05) is 6.92 Å². The Labute approximate surface area is 71.0 Å². The average Bonchev–Trinajstić information content (AvgIpc) is 1.87. The van der Waals surface area contributed by atoms with Gasteiger partial charge < -0.3 is 14.9 Å². The van der Waals surface area contributed by atoms with Crippen LogP contribution >= 0.6 is 0 Å². The Balaban J connectivity index is 0. The fourth-order valence-corrected chi connectivity index (χ4v) is 0.337. The molecule has 0 aromatic carbocycles. The third kappa shape index (κ3) is 23.3. The number of hydrogen-bond acceptors (Lipinski definition) is 3. The number of carbonyl (C=O) groups is 2. The van der Waals surface area contributed by atoms with Gasteiger partial charge in [0.05, 0.1) is 6.61 Å². The van der Waals surface area contributed by atoms with Crippen molar-refractivity contribution in [2.75, 3.05) is 6.61 Å². The second-order valence-corrected chi connectivity index (χ2v) is 1.84. The Kier molecular flexibility index (Phi) is 10.8. The maximum atomic E-state index is 9.60. The number of aliphatic carboxylic acids is 1. The van der Waals surface area contributed by atoms with Crippen LogP contribution < -0.4 is 0 Å². The number of rotatable bonds is 3. The molecule has 72 valence electrons. The van der Waals surface area contributed by atoms with Crippen molar-refractivity contribution in [3.63, 3.8) is 0 Å². The second kappa shape index (κ2) is 9.74. The van der Waals surface area contributed by atoms with Crippen molar-refractivity contribution in [3.8, 4) is 0 Å². The average molecular weight is 178 g/mol. The van der Waals surface area contributed by atoms with Crippen LogP contribution in [0.5, 0.6) is 0 Å². The van der Waals surface area contributed by atoms with Gasteiger partial charge in [0.1, 0.15) is 0 Å². The lowest BCUT2D eigenvalue weighted by molar-refractivity contribution is -0.137. The summed E-state index contributed by atoms with van der Waals surface area (Å²) >= 11 is 0. The fourth-order valence-electron chi connectivity index (χ4n) is 0.337. The standard InChI is InChI=1S/C4H8O2.C3H6O3/c1-2-3-4(5)6;1-2-6-3(4)5/h2-3H2,1H3,(H,5,6);2H2,1H3,(H,4,5). The van der Waals surface area contributed by atoms with Gasteiger partial charge >= 0.3 is 12.1 Å². The molecule has 0 aliphatic rings. The van der Waals surface area contributed by atoms with Gasteiger partial charge in [-0.15, -0.1) is 0 Å². The molecule has 0 amide bonds. The van der Waals surface area contributed by atoms with Gasteiger partial charge in [-0.2, -0.15) is 0 Å². The van der Waals surface area contributed by atoms with Crippen LogP contribution in [0.4, 0.5) is 4.79 Å². The van der Waals surface area contributed by atoms with E-state index in [1.807, 2.05) is 6.92 Å². The van der Waals surface area contributed by atoms with E-state index in [1.54, 1.807) is 6.92 Å². The molecule has 0 saturated carbocycles. The van der Waals surface area contributed by atoms with Crippen LogP contribution in [-0.4, -0.2) is 28.9 Å². The van der Waals surface area contributed by atoms with Crippen LogP contribution in [0.15, 0.2) is 0 Å². The largest absolute Gasteiger partial charge is 0.505 e. The van der Waals surface area contributed by atoms with Crippen LogP contribution in [0.25, 0.3) is 0 Å². The molecule has 0 aromatic rings. The Morgan fingerprint density at radius 1 is 1.25 bits per heavy atom. The van der Waals surface area contributed by atoms with Gasteiger partial charge in [0.15, 0.2) is 0 Å². The number of carboxylic acid groups (broad SMARTS) is 2. The molecule has 0 unspecified atom stereocenters. The molecule has 0 rings (SSSR count). The fraction of sp³-hybridized carbons (Fsp3) is 0.714. The van der Waals surface area contributed by atoms with Gasteiger partial charge in [0, 0.05) is 6.42 Å². The van der Waals surface area contributed by atoms with E-state index in [0.717, 1.165) is 6.42 Å². The first-order valence-corrected chi connectivity index (χ1v) is 3.62. The van der Waals surface area contributed by atoms with Crippen molar-refractivity contribution in [2.24, 2.45) is 0 Å². The van der Waals surface area contributed by atoms with Crippen molar-refractivity contribution >= 4 is 12.1 Å². The van der Waals surface area contributed by atoms with Crippen LogP contribution in [0.1, 0.15) is 26.7 Å². The van der Waals surface area contributed by atoms with Crippen molar-refractivity contribution < 1.29 is 24.5 Å². The summed E-state index contributed by atoms with van der Waals surface area (Å²) in [6.07, 6.45) is -0.188. The van der Waals surface area contributed by atoms with E-state index in [1.165, 1.54) is 0 Å². The van der Waals surface area contributed by atoms with Gasteiger partial charge in [-0.3, -0.25) is 4.79 Å². The summed E-state index contributed by atoms with van der Waals surface area (Å²) in [7, 11) is 0. The maximum absolute atomic E-state index is 9.60. The monoisotopic (exact) mass is 178 g/mol. The van der Waals surface area contributed by atoms with E-state index in [0.29, 0.717) is 6.42 Å². The number of hydrogen-bond donors (Lipinski definition) is 2. The first kappa shape index (κ1) is 13.3. The minimum atomic E-state index is -1.21. The first-order valence-electron chi connectivity index (χ1n) is 3.62. The van der Waals surface area contributed by atoms with Gasteiger partial charge in [-0.25, -0.2) is 4.79 Å². The van der Waals surface area contributed by atoms with Crippen LogP contribution in [0.2, 0.25) is 0 Å². The van der Waals surface area contributed by atoms with Crippen molar-refractivity contribution in [3.05, 3.63) is 0 Å². The number of ether oxygens (including phenoxy) is 1. The summed E-state index contributed by atoms with van der Waals surface area (Å²) in [6, 6.07) is 0. The Morgan fingerprint density at radius 3 is 1.75 bits per heavy atom. The molecule has 0 aliphatic heterocycles. The summed E-state index contributed by atoms with van der Waals surface area (Å²) in [6.45, 7) is 3.69. The molecule has 5 nitrogen and oxygen atoms in total. The second-order valence-electron chi connectivity index (χ2n) is 1.84. The molecule has 0 aliphatic carbocycles. The lowest BCUT2D eigenvalue weighted by Gasteiger charge is -1.87. The van der Waals surface area contributed by atoms with E-state index in [2.05, 4.69) is 4.74 Å². The zero-order chi connectivity index (χ0) is 9.98. The van der Waals surface area contributed by atoms with Crippen LogP contribution in [0.3, 0.4) is 0 Å². The third-order valence-electron chi connectivity index (χ3n) is 0.732. The highest BCUT2D eigenvalue weighted by atomic mass is 16.7. The molecular weight excluding hydrogens is 164 g/mol. The predicted molar refractivity (Wildman–Crippen MR) is 42.2 cm³/mol. The van der Waals surface area contributed by atoms with E-state index in [-0.39, 0.29) is 6.61 Å². The smallest absolute Gasteiger partial charge is 0.481 e. The van der Waals surface area contributed by atoms with Gasteiger partial charge in [0.25, 0.3) is 0 Å². The van der Waals surface area contributed by atoms with E-state index in [9.17, 15) is 9.59 Å². The lowest BCUT2D eigenvalue weighted by Crippen LogP contribution is -1.97. The number of carboxylic acids is 1. The van der Waals surface area contributed by atoms with E-state index >= 15 is 0 Å². The molecule has 2 N–H and O–H groups in total. The Morgan fingerprint density at radius 2 is 1.75 bits per heavy atom. The highest BCUT2D eigenvalue weighted by molar-refractivity contribution is 5.66. The van der Waals surface area contributed by atoms with Crippen molar-refractivity contribution in [1.29, 1.82) is 0 Å². The molecule has 0 bridgehead atoms. The molecule has 0 aromatic heterocycles. The van der Waals surface area contributed by atoms with E-state index < -0.39 is 12.1 Å². The highest BCUT2D eigenvalue weighted by Crippen LogP contribution is 1.82. The van der Waals surface area contributed by atoms with E-state index in [4.69, 9.17) is 10.2 Å². The summed E-state index contributed by atoms with van der Waals surface area (Å²) in [5.41, 5.74) is 0. The molecule has 0 spiro atoms. The molecule has 0 saturated heterocycles. The molecule has 0 atom stereocenters. The summed E-state index contributed by atoms with van der Waals surface area (Å²) in [4.78, 5) is 19.0. The summed E-state index contributed by atoms with van der Waals surface area (Å²) in [5.74, 6) is -0.711. The minimum Gasteiger partial charge on any atom is -0.481 e. The SMILES string of the molecule is CCCC(=O)O.CCOC(=O)O. The summed E-state index contributed by atoms with van der Waals surface area (Å²) < 4.78 is 3.96. The zero-order valence-electron chi connectivity index (χ0n) is 7.24. The quantitative estimate of drug-likeness (QED) is 0.641. The Bertz CT molecular complexity index is 116. The van der Waals surface area contributed by atoms with Crippen molar-refractivity contribution in [1.82, 2.24) is 0 Å². The topological polar surface area (TPSA) is 83.8 Å². The first-order chi connectivity index (χ1) is 5.54.